The molecule has 0 atom stereocenters. The number of anilines is 2. The molecule has 2 aromatic rings. The monoisotopic (exact) mass is 281 g/mol. The number of aryl methyl sites for hydroxylation is 1. The molecule has 1 aliphatic heterocycles. The molecule has 1 fully saturated rings. The van der Waals surface area contributed by atoms with E-state index in [4.69, 9.17) is 0 Å². The summed E-state index contributed by atoms with van der Waals surface area (Å²) < 4.78 is 0. The summed E-state index contributed by atoms with van der Waals surface area (Å²) in [6.07, 6.45) is 5.86. The van der Waals surface area contributed by atoms with E-state index in [0.29, 0.717) is 5.56 Å². The van der Waals surface area contributed by atoms with Gasteiger partial charge in [-0.1, -0.05) is 12.1 Å². The molecule has 0 radical (unpaired) electrons. The molecule has 1 amide bonds. The second-order valence-electron chi connectivity index (χ2n) is 5.45. The van der Waals surface area contributed by atoms with Crippen molar-refractivity contribution in [2.24, 2.45) is 0 Å². The van der Waals surface area contributed by atoms with Crippen molar-refractivity contribution in [1.29, 1.82) is 0 Å². The molecular weight excluding hydrogens is 262 g/mol. The third kappa shape index (κ3) is 3.21. The summed E-state index contributed by atoms with van der Waals surface area (Å²) >= 11 is 0. The van der Waals surface area contributed by atoms with E-state index in [1.165, 1.54) is 12.8 Å². The molecule has 21 heavy (non-hydrogen) atoms. The van der Waals surface area contributed by atoms with Gasteiger partial charge in [-0.2, -0.15) is 0 Å². The van der Waals surface area contributed by atoms with Gasteiger partial charge in [-0.15, -0.1) is 0 Å². The number of carbonyl (C=O) groups excluding carboxylic acids is 1. The molecule has 1 aromatic heterocycles. The van der Waals surface area contributed by atoms with Crippen LogP contribution in [-0.4, -0.2) is 24.0 Å². The van der Waals surface area contributed by atoms with Gasteiger partial charge in [-0.3, -0.25) is 9.78 Å². The number of rotatable bonds is 3. The largest absolute Gasteiger partial charge is 0.370 e. The summed E-state index contributed by atoms with van der Waals surface area (Å²) in [7, 11) is 0. The van der Waals surface area contributed by atoms with Gasteiger partial charge in [0.25, 0.3) is 5.91 Å². The highest BCUT2D eigenvalue weighted by Gasteiger charge is 2.14. The highest BCUT2D eigenvalue weighted by Crippen LogP contribution is 2.20. The summed E-state index contributed by atoms with van der Waals surface area (Å²) in [5.41, 5.74) is 3.56. The van der Waals surface area contributed by atoms with Gasteiger partial charge < -0.3 is 10.2 Å². The predicted octanol–water partition coefficient (Wildman–Crippen LogP) is 3.24. The minimum atomic E-state index is -0.117. The van der Waals surface area contributed by atoms with E-state index in [1.807, 2.05) is 43.5 Å². The van der Waals surface area contributed by atoms with Crippen LogP contribution in [0.3, 0.4) is 0 Å². The lowest BCUT2D eigenvalue weighted by atomic mass is 10.2. The first-order valence-corrected chi connectivity index (χ1v) is 7.30. The molecule has 1 aliphatic rings. The zero-order chi connectivity index (χ0) is 14.7. The molecule has 1 aromatic carbocycles. The van der Waals surface area contributed by atoms with Gasteiger partial charge in [-0.05, 0) is 43.5 Å². The summed E-state index contributed by atoms with van der Waals surface area (Å²) in [6, 6.07) is 9.71. The van der Waals surface area contributed by atoms with Crippen molar-refractivity contribution >= 4 is 17.3 Å². The van der Waals surface area contributed by atoms with Gasteiger partial charge in [0.15, 0.2) is 0 Å². The van der Waals surface area contributed by atoms with E-state index >= 15 is 0 Å². The quantitative estimate of drug-likeness (QED) is 0.939. The van der Waals surface area contributed by atoms with Gasteiger partial charge in [0.2, 0.25) is 0 Å². The van der Waals surface area contributed by atoms with Crippen LogP contribution in [0.2, 0.25) is 0 Å². The molecule has 0 spiro atoms. The van der Waals surface area contributed by atoms with Gasteiger partial charge in [0.1, 0.15) is 0 Å². The smallest absolute Gasteiger partial charge is 0.257 e. The third-order valence-corrected chi connectivity index (χ3v) is 3.73. The number of benzene rings is 1. The van der Waals surface area contributed by atoms with Crippen LogP contribution in [0.15, 0.2) is 42.7 Å². The molecule has 4 heteroatoms. The number of carbonyl (C=O) groups is 1. The fraction of sp³-hybridized carbons (Fsp3) is 0.294. The zero-order valence-corrected chi connectivity index (χ0v) is 12.2. The normalized spacial score (nSPS) is 14.2. The lowest BCUT2D eigenvalue weighted by Gasteiger charge is -2.17. The third-order valence-electron chi connectivity index (χ3n) is 3.73. The molecule has 4 nitrogen and oxygen atoms in total. The minimum absolute atomic E-state index is 0.117. The molecule has 2 heterocycles. The van der Waals surface area contributed by atoms with Gasteiger partial charge in [0, 0.05) is 25.0 Å². The van der Waals surface area contributed by atoms with Gasteiger partial charge in [0.05, 0.1) is 17.4 Å². The molecule has 0 saturated carbocycles. The van der Waals surface area contributed by atoms with E-state index in [2.05, 4.69) is 15.2 Å². The second kappa shape index (κ2) is 5.95. The van der Waals surface area contributed by atoms with Crippen LogP contribution in [0.1, 0.15) is 28.8 Å². The summed E-state index contributed by atoms with van der Waals surface area (Å²) in [4.78, 5) is 18.8. The van der Waals surface area contributed by atoms with Crippen LogP contribution in [0, 0.1) is 6.92 Å². The van der Waals surface area contributed by atoms with Crippen LogP contribution in [0.5, 0.6) is 0 Å². The molecule has 1 saturated heterocycles. The highest BCUT2D eigenvalue weighted by molar-refractivity contribution is 6.04. The number of pyridine rings is 1. The van der Waals surface area contributed by atoms with E-state index in [-0.39, 0.29) is 5.91 Å². The van der Waals surface area contributed by atoms with Crippen molar-refractivity contribution in [2.45, 2.75) is 19.8 Å². The number of aromatic nitrogens is 1. The first-order chi connectivity index (χ1) is 10.2. The Morgan fingerprint density at radius 3 is 2.76 bits per heavy atom. The Kier molecular flexibility index (Phi) is 3.86. The molecule has 0 aliphatic carbocycles. The maximum absolute atomic E-state index is 12.3. The topological polar surface area (TPSA) is 45.2 Å². The first kappa shape index (κ1) is 13.6. The van der Waals surface area contributed by atoms with Crippen molar-refractivity contribution in [2.75, 3.05) is 23.3 Å². The predicted molar refractivity (Wildman–Crippen MR) is 84.8 cm³/mol. The first-order valence-electron chi connectivity index (χ1n) is 7.30. The van der Waals surface area contributed by atoms with Crippen molar-refractivity contribution in [3.05, 3.63) is 53.9 Å². The minimum Gasteiger partial charge on any atom is -0.370 e. The number of hydrogen-bond donors (Lipinski definition) is 1. The van der Waals surface area contributed by atoms with E-state index < -0.39 is 0 Å². The van der Waals surface area contributed by atoms with Crippen LogP contribution < -0.4 is 10.2 Å². The van der Waals surface area contributed by atoms with Crippen molar-refractivity contribution in [3.63, 3.8) is 0 Å². The van der Waals surface area contributed by atoms with Crippen LogP contribution >= 0.6 is 0 Å². The van der Waals surface area contributed by atoms with E-state index in [1.54, 1.807) is 6.20 Å². The Bertz CT molecular complexity index is 648. The Morgan fingerprint density at radius 2 is 2.00 bits per heavy atom. The average molecular weight is 281 g/mol. The average Bonchev–Trinajstić information content (AvgIpc) is 3.02. The second-order valence-corrected chi connectivity index (χ2v) is 5.45. The SMILES string of the molecule is Cc1cccc(NC(=O)c2cncc(N3CCCC3)c2)c1. The molecule has 0 bridgehead atoms. The fourth-order valence-electron chi connectivity index (χ4n) is 2.63. The number of nitrogens with one attached hydrogen (secondary N) is 1. The van der Waals surface area contributed by atoms with Crippen LogP contribution in [0.4, 0.5) is 11.4 Å². The summed E-state index contributed by atoms with van der Waals surface area (Å²) in [6.45, 7) is 4.10. The highest BCUT2D eigenvalue weighted by atomic mass is 16.1. The zero-order valence-electron chi connectivity index (χ0n) is 12.2. The summed E-state index contributed by atoms with van der Waals surface area (Å²) in [5, 5.41) is 2.92. The standard InChI is InChI=1S/C17H19N3O/c1-13-5-4-6-15(9-13)19-17(21)14-10-16(12-18-11-14)20-7-2-3-8-20/h4-6,9-12H,2-3,7-8H2,1H3,(H,19,21). The maximum atomic E-state index is 12.3. The Hall–Kier alpha value is -2.36. The lowest BCUT2D eigenvalue weighted by Crippen LogP contribution is -2.19. The Labute approximate surface area is 124 Å². The molecule has 1 N–H and O–H groups in total. The van der Waals surface area contributed by atoms with Gasteiger partial charge >= 0.3 is 0 Å². The van der Waals surface area contributed by atoms with Crippen molar-refractivity contribution in [1.82, 2.24) is 4.98 Å². The lowest BCUT2D eigenvalue weighted by molar-refractivity contribution is 0.102. The molecule has 0 unspecified atom stereocenters. The van der Waals surface area contributed by atoms with Crippen molar-refractivity contribution in [3.8, 4) is 0 Å². The maximum Gasteiger partial charge on any atom is 0.257 e. The van der Waals surface area contributed by atoms with Crippen LogP contribution in [-0.2, 0) is 0 Å². The molecule has 108 valence electrons. The van der Waals surface area contributed by atoms with Crippen molar-refractivity contribution < 1.29 is 4.79 Å². The van der Waals surface area contributed by atoms with Gasteiger partial charge in [-0.25, -0.2) is 0 Å². The van der Waals surface area contributed by atoms with E-state index in [9.17, 15) is 4.79 Å². The molecule has 3 rings (SSSR count). The Morgan fingerprint density at radius 1 is 1.19 bits per heavy atom. The number of nitrogens with zero attached hydrogens (tertiary/aromatic N) is 2. The van der Waals surface area contributed by atoms with E-state index in [0.717, 1.165) is 30.0 Å². The Balaban J connectivity index is 1.76. The fourth-order valence-corrected chi connectivity index (χ4v) is 2.63. The molecular formula is C17H19N3O. The van der Waals surface area contributed by atoms with Crippen LogP contribution in [0.25, 0.3) is 0 Å². The number of amides is 1. The summed E-state index contributed by atoms with van der Waals surface area (Å²) in [5.74, 6) is -0.117. The number of hydrogen-bond acceptors (Lipinski definition) is 3.